The Kier molecular flexibility index (Phi) is 5.97. The summed E-state index contributed by atoms with van der Waals surface area (Å²) in [6, 6.07) is 5.54. The molecule has 17 heavy (non-hydrogen) atoms. The molecule has 0 saturated carbocycles. The Morgan fingerprint density at radius 3 is 2.65 bits per heavy atom. The molecule has 0 atom stereocenters. The van der Waals surface area contributed by atoms with Gasteiger partial charge in [-0.3, -0.25) is 4.79 Å². The molecular weight excluding hydrogens is 369 g/mol. The zero-order valence-corrected chi connectivity index (χ0v) is 13.6. The van der Waals surface area contributed by atoms with E-state index in [0.29, 0.717) is 17.1 Å². The highest BCUT2D eigenvalue weighted by atomic mass is 79.9. The molecule has 0 aliphatic heterocycles. The molecule has 0 aromatic heterocycles. The molecule has 0 fully saturated rings. The van der Waals surface area contributed by atoms with Gasteiger partial charge in [0.2, 0.25) is 0 Å². The van der Waals surface area contributed by atoms with Crippen molar-refractivity contribution in [2.45, 2.75) is 19.9 Å². The zero-order valence-electron chi connectivity index (χ0n) is 9.71. The predicted octanol–water partition coefficient (Wildman–Crippen LogP) is 4.35. The molecule has 1 aromatic rings. The van der Waals surface area contributed by atoms with E-state index in [1.54, 1.807) is 11.0 Å². The van der Waals surface area contributed by atoms with Crippen LogP contribution in [0.25, 0.3) is 0 Å². The maximum absolute atomic E-state index is 12.3. The van der Waals surface area contributed by atoms with E-state index >= 15 is 0 Å². The van der Waals surface area contributed by atoms with Crippen molar-refractivity contribution in [3.8, 4) is 0 Å². The van der Waals surface area contributed by atoms with Crippen LogP contribution in [0.1, 0.15) is 24.2 Å². The van der Waals surface area contributed by atoms with Gasteiger partial charge < -0.3 is 4.90 Å². The Bertz CT molecular complexity index is 409. The van der Waals surface area contributed by atoms with Gasteiger partial charge in [0.1, 0.15) is 0 Å². The molecule has 94 valence electrons. The second-order valence-electron chi connectivity index (χ2n) is 3.88. The lowest BCUT2D eigenvalue weighted by Crippen LogP contribution is -2.38. The number of rotatable bonds is 4. The van der Waals surface area contributed by atoms with Crippen LogP contribution in [-0.4, -0.2) is 28.7 Å². The molecule has 0 unspecified atom stereocenters. The van der Waals surface area contributed by atoms with Crippen LogP contribution >= 0.6 is 43.5 Å². The van der Waals surface area contributed by atoms with E-state index in [0.717, 1.165) is 9.80 Å². The molecule has 0 spiro atoms. The first-order valence-electron chi connectivity index (χ1n) is 5.30. The fourth-order valence-electron chi connectivity index (χ4n) is 1.51. The lowest BCUT2D eigenvalue weighted by molar-refractivity contribution is 0.0719. The quantitative estimate of drug-likeness (QED) is 0.708. The van der Waals surface area contributed by atoms with E-state index in [-0.39, 0.29) is 11.9 Å². The summed E-state index contributed by atoms with van der Waals surface area (Å²) in [5, 5.41) is 1.22. The van der Waals surface area contributed by atoms with Crippen LogP contribution in [0.3, 0.4) is 0 Å². The smallest absolute Gasteiger partial charge is 0.255 e. The normalized spacial score (nSPS) is 10.7. The summed E-state index contributed by atoms with van der Waals surface area (Å²) in [4.78, 5) is 14.1. The molecule has 1 amide bonds. The van der Waals surface area contributed by atoms with Crippen molar-refractivity contribution < 1.29 is 4.79 Å². The zero-order chi connectivity index (χ0) is 13.0. The standard InChI is InChI=1S/C12H14Br2ClNO/c1-8(2)16(7-6-13)12(17)9-4-3-5-10(14)11(9)15/h3-5,8H,6-7H2,1-2H3. The van der Waals surface area contributed by atoms with Crippen LogP contribution in [0.5, 0.6) is 0 Å². The molecular formula is C12H14Br2ClNO. The Hall–Kier alpha value is -0.0600. The Balaban J connectivity index is 3.05. The molecule has 5 heteroatoms. The topological polar surface area (TPSA) is 20.3 Å². The van der Waals surface area contributed by atoms with Crippen molar-refractivity contribution in [3.63, 3.8) is 0 Å². The van der Waals surface area contributed by atoms with Crippen molar-refractivity contribution in [2.24, 2.45) is 0 Å². The number of carbonyl (C=O) groups is 1. The van der Waals surface area contributed by atoms with Crippen molar-refractivity contribution in [3.05, 3.63) is 33.3 Å². The molecule has 0 heterocycles. The third kappa shape index (κ3) is 3.70. The number of nitrogens with zero attached hydrogens (tertiary/aromatic N) is 1. The lowest BCUT2D eigenvalue weighted by Gasteiger charge is -2.26. The van der Waals surface area contributed by atoms with Gasteiger partial charge in [-0.1, -0.05) is 33.6 Å². The van der Waals surface area contributed by atoms with E-state index in [4.69, 9.17) is 11.6 Å². The maximum Gasteiger partial charge on any atom is 0.255 e. The van der Waals surface area contributed by atoms with Gasteiger partial charge >= 0.3 is 0 Å². The highest BCUT2D eigenvalue weighted by Crippen LogP contribution is 2.27. The van der Waals surface area contributed by atoms with Crippen LogP contribution in [-0.2, 0) is 0 Å². The van der Waals surface area contributed by atoms with Gasteiger partial charge in [-0.2, -0.15) is 0 Å². The van der Waals surface area contributed by atoms with E-state index < -0.39 is 0 Å². The highest BCUT2D eigenvalue weighted by Gasteiger charge is 2.21. The summed E-state index contributed by atoms with van der Waals surface area (Å²) in [7, 11) is 0. The first-order chi connectivity index (χ1) is 7.99. The second-order valence-corrected chi connectivity index (χ2v) is 5.91. The van der Waals surface area contributed by atoms with Gasteiger partial charge in [0, 0.05) is 22.4 Å². The average molecular weight is 384 g/mol. The second kappa shape index (κ2) is 6.76. The molecule has 2 nitrogen and oxygen atoms in total. The minimum absolute atomic E-state index is 0.0363. The van der Waals surface area contributed by atoms with E-state index in [1.807, 2.05) is 26.0 Å². The van der Waals surface area contributed by atoms with Crippen LogP contribution in [0.15, 0.2) is 22.7 Å². The fraction of sp³-hybridized carbons (Fsp3) is 0.417. The van der Waals surface area contributed by atoms with Crippen molar-refractivity contribution in [1.29, 1.82) is 0 Å². The number of halogens is 3. The molecule has 0 radical (unpaired) electrons. The third-order valence-electron chi connectivity index (χ3n) is 2.39. The summed E-state index contributed by atoms with van der Waals surface area (Å²) in [6.07, 6.45) is 0. The SMILES string of the molecule is CC(C)N(CCBr)C(=O)c1cccc(Br)c1Cl. The van der Waals surface area contributed by atoms with Gasteiger partial charge in [0.25, 0.3) is 5.91 Å². The minimum atomic E-state index is -0.0363. The lowest BCUT2D eigenvalue weighted by atomic mass is 10.1. The molecule has 1 aromatic carbocycles. The van der Waals surface area contributed by atoms with Crippen LogP contribution in [0.2, 0.25) is 5.02 Å². The minimum Gasteiger partial charge on any atom is -0.335 e. The van der Waals surface area contributed by atoms with Crippen LogP contribution < -0.4 is 0 Å². The van der Waals surface area contributed by atoms with Crippen LogP contribution in [0, 0.1) is 0 Å². The predicted molar refractivity (Wildman–Crippen MR) is 79.1 cm³/mol. The van der Waals surface area contributed by atoms with Crippen molar-refractivity contribution in [2.75, 3.05) is 11.9 Å². The van der Waals surface area contributed by atoms with Gasteiger partial charge in [-0.25, -0.2) is 0 Å². The number of benzene rings is 1. The molecule has 0 N–H and O–H groups in total. The summed E-state index contributed by atoms with van der Waals surface area (Å²) >= 11 is 12.8. The molecule has 0 bridgehead atoms. The average Bonchev–Trinajstić information content (AvgIpc) is 2.28. The van der Waals surface area contributed by atoms with Gasteiger partial charge in [-0.05, 0) is 41.9 Å². The number of carbonyl (C=O) groups excluding carboxylic acids is 1. The van der Waals surface area contributed by atoms with Gasteiger partial charge in [0.15, 0.2) is 0 Å². The summed E-state index contributed by atoms with van der Waals surface area (Å²) in [6.45, 7) is 4.65. The van der Waals surface area contributed by atoms with E-state index in [2.05, 4.69) is 31.9 Å². The highest BCUT2D eigenvalue weighted by molar-refractivity contribution is 9.10. The van der Waals surface area contributed by atoms with Gasteiger partial charge in [0.05, 0.1) is 10.6 Å². The third-order valence-corrected chi connectivity index (χ3v) is 4.04. The first-order valence-corrected chi connectivity index (χ1v) is 7.59. The van der Waals surface area contributed by atoms with Crippen LogP contribution in [0.4, 0.5) is 0 Å². The fourth-order valence-corrected chi connectivity index (χ4v) is 2.46. The number of amides is 1. The van der Waals surface area contributed by atoms with E-state index in [9.17, 15) is 4.79 Å². The maximum atomic E-state index is 12.3. The summed E-state index contributed by atoms with van der Waals surface area (Å²) in [5.41, 5.74) is 0.538. The van der Waals surface area contributed by atoms with Crippen molar-refractivity contribution in [1.82, 2.24) is 4.90 Å². The monoisotopic (exact) mass is 381 g/mol. The summed E-state index contributed by atoms with van der Waals surface area (Å²) < 4.78 is 0.743. The number of hydrogen-bond donors (Lipinski definition) is 0. The largest absolute Gasteiger partial charge is 0.335 e. The number of alkyl halides is 1. The summed E-state index contributed by atoms with van der Waals surface area (Å²) in [5.74, 6) is -0.0363. The first kappa shape index (κ1) is 15.0. The Morgan fingerprint density at radius 1 is 1.47 bits per heavy atom. The Labute approximate surface area is 124 Å². The van der Waals surface area contributed by atoms with E-state index in [1.165, 1.54) is 0 Å². The van der Waals surface area contributed by atoms with Gasteiger partial charge in [-0.15, -0.1) is 0 Å². The number of hydrogen-bond acceptors (Lipinski definition) is 1. The molecule has 0 saturated heterocycles. The Morgan fingerprint density at radius 2 is 2.12 bits per heavy atom. The molecule has 0 aliphatic carbocycles. The molecule has 0 aliphatic rings. The van der Waals surface area contributed by atoms with Crippen molar-refractivity contribution >= 4 is 49.4 Å². The molecule has 1 rings (SSSR count).